The average Bonchev–Trinajstić information content (AvgIpc) is 2.98. The number of ether oxygens (including phenoxy) is 1. The highest BCUT2D eigenvalue weighted by Gasteiger charge is 2.19. The molecule has 0 saturated carbocycles. The van der Waals surface area contributed by atoms with Gasteiger partial charge in [-0.1, -0.05) is 23.7 Å². The van der Waals surface area contributed by atoms with E-state index in [1.165, 1.54) is 0 Å². The molecular weight excluding hydrogens is 404 g/mol. The van der Waals surface area contributed by atoms with Gasteiger partial charge in [0.05, 0.1) is 21.1 Å². The number of hydrogen-bond acceptors (Lipinski definition) is 4. The summed E-state index contributed by atoms with van der Waals surface area (Å²) in [6, 6.07) is 14.8. The lowest BCUT2D eigenvalue weighted by Crippen LogP contribution is -2.10. The minimum absolute atomic E-state index is 0.335. The summed E-state index contributed by atoms with van der Waals surface area (Å²) in [5.74, 6) is 1.98. The highest BCUT2D eigenvalue weighted by molar-refractivity contribution is 9.10. The Balaban J connectivity index is 1.88. The topological polar surface area (TPSA) is 63.7 Å². The van der Waals surface area contributed by atoms with Crippen molar-refractivity contribution in [3.05, 3.63) is 63.3 Å². The summed E-state index contributed by atoms with van der Waals surface area (Å²) in [4.78, 5) is 0. The summed E-state index contributed by atoms with van der Waals surface area (Å²) in [6.07, 6.45) is -0.335. The highest BCUT2D eigenvalue weighted by Crippen LogP contribution is 2.31. The van der Waals surface area contributed by atoms with Gasteiger partial charge in [0.25, 0.3) is 0 Å². The van der Waals surface area contributed by atoms with Crippen LogP contribution in [0, 0.1) is 11.3 Å². The van der Waals surface area contributed by atoms with Gasteiger partial charge in [-0.2, -0.15) is 5.26 Å². The van der Waals surface area contributed by atoms with Gasteiger partial charge in [0.1, 0.15) is 5.75 Å². The molecule has 1 atom stereocenters. The molecule has 7 heteroatoms. The minimum atomic E-state index is -0.335. The molecule has 1 heterocycles. The monoisotopic (exact) mass is 416 g/mol. The van der Waals surface area contributed by atoms with Gasteiger partial charge in [-0.15, -0.1) is 10.2 Å². The van der Waals surface area contributed by atoms with Crippen LogP contribution >= 0.6 is 27.5 Å². The maximum Gasteiger partial charge on any atom is 0.173 e. The van der Waals surface area contributed by atoms with E-state index in [4.69, 9.17) is 21.6 Å². The van der Waals surface area contributed by atoms with Gasteiger partial charge in [-0.25, -0.2) is 0 Å². The fourth-order valence-corrected chi connectivity index (χ4v) is 3.17. The summed E-state index contributed by atoms with van der Waals surface area (Å²) in [5.41, 5.74) is 1.38. The van der Waals surface area contributed by atoms with Crippen LogP contribution in [0.15, 0.2) is 46.9 Å². The quantitative estimate of drug-likeness (QED) is 0.605. The van der Waals surface area contributed by atoms with Crippen molar-refractivity contribution in [3.63, 3.8) is 0 Å². The molecule has 3 aromatic rings. The zero-order chi connectivity index (χ0) is 18.0. The Morgan fingerprint density at radius 2 is 2.00 bits per heavy atom. The van der Waals surface area contributed by atoms with Crippen molar-refractivity contribution in [2.75, 3.05) is 0 Å². The van der Waals surface area contributed by atoms with Crippen LogP contribution in [0.3, 0.4) is 0 Å². The van der Waals surface area contributed by atoms with Crippen LogP contribution in [0.4, 0.5) is 0 Å². The summed E-state index contributed by atoms with van der Waals surface area (Å²) >= 11 is 9.68. The van der Waals surface area contributed by atoms with Gasteiger partial charge >= 0.3 is 0 Å². The molecule has 1 aromatic heterocycles. The van der Waals surface area contributed by atoms with Crippen molar-refractivity contribution in [3.8, 4) is 23.2 Å². The molecule has 0 bridgehead atoms. The number of halogens is 2. The Bertz CT molecular complexity index is 964. The maximum atomic E-state index is 8.94. The fraction of sp³-hybridized carbons (Fsp3) is 0.167. The lowest BCUT2D eigenvalue weighted by atomic mass is 10.2. The molecule has 0 aliphatic heterocycles. The largest absolute Gasteiger partial charge is 0.482 e. The Hall–Kier alpha value is -2.36. The van der Waals surface area contributed by atoms with Crippen LogP contribution in [-0.4, -0.2) is 14.8 Å². The van der Waals surface area contributed by atoms with Crippen molar-refractivity contribution in [1.82, 2.24) is 14.8 Å². The highest BCUT2D eigenvalue weighted by atomic mass is 79.9. The van der Waals surface area contributed by atoms with E-state index in [1.807, 2.05) is 42.8 Å². The van der Waals surface area contributed by atoms with Crippen molar-refractivity contribution in [2.24, 2.45) is 7.05 Å². The number of nitriles is 1. The standard InChI is InChI=1S/C18H14BrClN4O/c1-11(25-16-8-7-12(10-21)9-14(16)19)17-22-23-18(24(17)2)13-5-3-4-6-15(13)20/h3-9,11H,1-2H3/t11-/m0/s1. The molecule has 2 aromatic carbocycles. The molecule has 0 radical (unpaired) electrons. The second-order valence-electron chi connectivity index (χ2n) is 5.44. The SMILES string of the molecule is C[C@H](Oc1ccc(C#N)cc1Br)c1nnc(-c2ccccc2Cl)n1C. The second-order valence-corrected chi connectivity index (χ2v) is 6.70. The van der Waals surface area contributed by atoms with Crippen molar-refractivity contribution < 1.29 is 4.74 Å². The Morgan fingerprint density at radius 1 is 1.24 bits per heavy atom. The third kappa shape index (κ3) is 3.53. The van der Waals surface area contributed by atoms with Crippen LogP contribution in [0.25, 0.3) is 11.4 Å². The van der Waals surface area contributed by atoms with E-state index in [9.17, 15) is 0 Å². The molecule has 5 nitrogen and oxygen atoms in total. The van der Waals surface area contributed by atoms with Gasteiger partial charge in [0.2, 0.25) is 0 Å². The first-order chi connectivity index (χ1) is 12.0. The second kappa shape index (κ2) is 7.26. The molecule has 0 amide bonds. The molecule has 0 N–H and O–H groups in total. The van der Waals surface area contributed by atoms with Gasteiger partial charge in [0, 0.05) is 12.6 Å². The molecule has 0 aliphatic carbocycles. The molecule has 0 aliphatic rings. The molecule has 126 valence electrons. The Morgan fingerprint density at radius 3 is 2.68 bits per heavy atom. The van der Waals surface area contributed by atoms with Gasteiger partial charge < -0.3 is 9.30 Å². The Labute approximate surface area is 159 Å². The number of benzene rings is 2. The molecule has 0 unspecified atom stereocenters. The third-order valence-electron chi connectivity index (χ3n) is 3.75. The van der Waals surface area contributed by atoms with Crippen molar-refractivity contribution in [1.29, 1.82) is 5.26 Å². The smallest absolute Gasteiger partial charge is 0.173 e. The zero-order valence-corrected chi connectivity index (χ0v) is 15.9. The predicted octanol–water partition coefficient (Wildman–Crippen LogP) is 4.91. The Kier molecular flexibility index (Phi) is 5.07. The van der Waals surface area contributed by atoms with E-state index in [0.717, 1.165) is 5.56 Å². The van der Waals surface area contributed by atoms with Crippen LogP contribution < -0.4 is 4.74 Å². The van der Waals surface area contributed by atoms with Gasteiger partial charge in [-0.05, 0) is 53.2 Å². The number of nitrogens with zero attached hydrogens (tertiary/aromatic N) is 4. The lowest BCUT2D eigenvalue weighted by Gasteiger charge is -2.15. The fourth-order valence-electron chi connectivity index (χ4n) is 2.48. The summed E-state index contributed by atoms with van der Waals surface area (Å²) in [7, 11) is 1.88. The van der Waals surface area contributed by atoms with Crippen molar-refractivity contribution >= 4 is 27.5 Å². The lowest BCUT2D eigenvalue weighted by molar-refractivity contribution is 0.211. The van der Waals surface area contributed by atoms with E-state index in [2.05, 4.69) is 32.2 Å². The third-order valence-corrected chi connectivity index (χ3v) is 4.70. The van der Waals surface area contributed by atoms with Crippen LogP contribution in [-0.2, 0) is 7.05 Å². The first kappa shape index (κ1) is 17.5. The van der Waals surface area contributed by atoms with Crippen LogP contribution in [0.1, 0.15) is 24.4 Å². The normalized spacial score (nSPS) is 11.8. The summed E-state index contributed by atoms with van der Waals surface area (Å²) in [6.45, 7) is 1.89. The predicted molar refractivity (Wildman–Crippen MR) is 99.3 cm³/mol. The van der Waals surface area contributed by atoms with Gasteiger partial charge in [0.15, 0.2) is 17.8 Å². The molecule has 3 rings (SSSR count). The van der Waals surface area contributed by atoms with Crippen LogP contribution in [0.2, 0.25) is 5.02 Å². The van der Waals surface area contributed by atoms with Crippen molar-refractivity contribution in [2.45, 2.75) is 13.0 Å². The molecule has 0 fully saturated rings. The minimum Gasteiger partial charge on any atom is -0.482 e. The van der Waals surface area contributed by atoms with E-state index in [-0.39, 0.29) is 6.10 Å². The molecular formula is C18H14BrClN4O. The van der Waals surface area contributed by atoms with Crippen LogP contribution in [0.5, 0.6) is 5.75 Å². The summed E-state index contributed by atoms with van der Waals surface area (Å²) < 4.78 is 8.56. The number of aromatic nitrogens is 3. The molecule has 0 spiro atoms. The first-order valence-corrected chi connectivity index (χ1v) is 8.69. The van der Waals surface area contributed by atoms with E-state index in [0.29, 0.717) is 32.5 Å². The van der Waals surface area contributed by atoms with E-state index in [1.54, 1.807) is 18.2 Å². The van der Waals surface area contributed by atoms with Gasteiger partial charge in [-0.3, -0.25) is 0 Å². The molecule has 0 saturated heterocycles. The van der Waals surface area contributed by atoms with E-state index < -0.39 is 0 Å². The zero-order valence-electron chi connectivity index (χ0n) is 13.6. The number of hydrogen-bond donors (Lipinski definition) is 0. The average molecular weight is 418 g/mol. The maximum absolute atomic E-state index is 8.94. The molecule has 25 heavy (non-hydrogen) atoms. The first-order valence-electron chi connectivity index (χ1n) is 7.51. The number of rotatable bonds is 4. The summed E-state index contributed by atoms with van der Waals surface area (Å²) in [5, 5.41) is 18.1. The van der Waals surface area contributed by atoms with E-state index >= 15 is 0 Å².